The van der Waals surface area contributed by atoms with E-state index in [1.165, 1.54) is 26.4 Å². The topological polar surface area (TPSA) is 50.8 Å². The van der Waals surface area contributed by atoms with Gasteiger partial charge in [0.25, 0.3) is 0 Å². The summed E-state index contributed by atoms with van der Waals surface area (Å²) < 4.78 is 10.5. The standard InChI is InChI=1S/C15H28N2O3/c1-12(16-8-7-14-6-4-10-20-14)13-5-3-9-17(11-13)15(18)19-2/h12-14,16H,3-11H2,1-2H3/t12-,13-,14-/m0/s1. The Hall–Kier alpha value is -0.810. The zero-order chi connectivity index (χ0) is 14.4. The fourth-order valence-electron chi connectivity index (χ4n) is 3.22. The Labute approximate surface area is 122 Å². The van der Waals surface area contributed by atoms with Gasteiger partial charge < -0.3 is 19.7 Å². The highest BCUT2D eigenvalue weighted by Gasteiger charge is 2.27. The van der Waals surface area contributed by atoms with E-state index in [9.17, 15) is 4.79 Å². The number of nitrogens with one attached hydrogen (secondary N) is 1. The lowest BCUT2D eigenvalue weighted by atomic mass is 9.91. The monoisotopic (exact) mass is 284 g/mol. The molecule has 0 radical (unpaired) electrons. The van der Waals surface area contributed by atoms with Crippen molar-refractivity contribution < 1.29 is 14.3 Å². The maximum atomic E-state index is 11.6. The van der Waals surface area contributed by atoms with Crippen LogP contribution in [0.1, 0.15) is 39.0 Å². The zero-order valence-electron chi connectivity index (χ0n) is 12.8. The molecule has 5 heteroatoms. The van der Waals surface area contributed by atoms with E-state index in [0.29, 0.717) is 18.1 Å². The Bertz CT molecular complexity index is 305. The first kappa shape index (κ1) is 15.6. The van der Waals surface area contributed by atoms with E-state index < -0.39 is 0 Å². The Kier molecular flexibility index (Phi) is 6.10. The molecule has 3 atom stereocenters. The number of nitrogens with zero attached hydrogens (tertiary/aromatic N) is 1. The fourth-order valence-corrected chi connectivity index (χ4v) is 3.22. The van der Waals surface area contributed by atoms with Crippen molar-refractivity contribution in [3.05, 3.63) is 0 Å². The molecule has 2 aliphatic rings. The molecule has 0 aromatic heterocycles. The van der Waals surface area contributed by atoms with E-state index in [2.05, 4.69) is 12.2 Å². The van der Waals surface area contributed by atoms with Crippen molar-refractivity contribution in [2.45, 2.75) is 51.2 Å². The Balaban J connectivity index is 1.68. The van der Waals surface area contributed by atoms with Gasteiger partial charge in [-0.3, -0.25) is 0 Å². The van der Waals surface area contributed by atoms with E-state index in [4.69, 9.17) is 9.47 Å². The van der Waals surface area contributed by atoms with Crippen LogP contribution in [0.25, 0.3) is 0 Å². The molecule has 20 heavy (non-hydrogen) atoms. The van der Waals surface area contributed by atoms with Crippen molar-refractivity contribution in [2.75, 3.05) is 33.4 Å². The molecule has 0 aromatic carbocycles. The summed E-state index contributed by atoms with van der Waals surface area (Å²) in [5, 5.41) is 3.60. The van der Waals surface area contributed by atoms with Crippen LogP contribution in [0.2, 0.25) is 0 Å². The van der Waals surface area contributed by atoms with Crippen LogP contribution in [0.3, 0.4) is 0 Å². The van der Waals surface area contributed by atoms with E-state index >= 15 is 0 Å². The van der Waals surface area contributed by atoms with Gasteiger partial charge in [-0.25, -0.2) is 4.79 Å². The van der Waals surface area contributed by atoms with Crippen LogP contribution in [0, 0.1) is 5.92 Å². The van der Waals surface area contributed by atoms with Crippen molar-refractivity contribution in [2.24, 2.45) is 5.92 Å². The molecule has 2 rings (SSSR count). The third-order valence-electron chi connectivity index (χ3n) is 4.55. The van der Waals surface area contributed by atoms with Gasteiger partial charge in [0, 0.05) is 25.7 Å². The molecule has 0 saturated carbocycles. The third-order valence-corrected chi connectivity index (χ3v) is 4.55. The van der Waals surface area contributed by atoms with Gasteiger partial charge in [0.15, 0.2) is 0 Å². The van der Waals surface area contributed by atoms with Crippen molar-refractivity contribution in [3.63, 3.8) is 0 Å². The summed E-state index contributed by atoms with van der Waals surface area (Å²) in [6, 6.07) is 0.434. The van der Waals surface area contributed by atoms with Gasteiger partial charge in [-0.15, -0.1) is 0 Å². The number of likely N-dealkylation sites (tertiary alicyclic amines) is 1. The maximum absolute atomic E-state index is 11.6. The summed E-state index contributed by atoms with van der Waals surface area (Å²) in [4.78, 5) is 13.4. The SMILES string of the molecule is COC(=O)N1CCC[C@H]([C@H](C)NCC[C@@H]2CCCO2)C1. The molecule has 2 saturated heterocycles. The minimum Gasteiger partial charge on any atom is -0.453 e. The van der Waals surface area contributed by atoms with E-state index in [0.717, 1.165) is 39.1 Å². The van der Waals surface area contributed by atoms with Crippen molar-refractivity contribution in [3.8, 4) is 0 Å². The van der Waals surface area contributed by atoms with Crippen LogP contribution in [-0.2, 0) is 9.47 Å². The highest BCUT2D eigenvalue weighted by molar-refractivity contribution is 5.67. The average Bonchev–Trinajstić information content (AvgIpc) is 2.99. The number of ether oxygens (including phenoxy) is 2. The van der Waals surface area contributed by atoms with Crippen molar-refractivity contribution >= 4 is 6.09 Å². The van der Waals surface area contributed by atoms with Crippen LogP contribution >= 0.6 is 0 Å². The Morgan fingerprint density at radius 1 is 1.45 bits per heavy atom. The summed E-state index contributed by atoms with van der Waals surface area (Å²) in [5.74, 6) is 0.521. The second-order valence-electron chi connectivity index (χ2n) is 5.98. The third kappa shape index (κ3) is 4.35. The lowest BCUT2D eigenvalue weighted by Gasteiger charge is -2.35. The molecule has 0 spiro atoms. The van der Waals surface area contributed by atoms with Gasteiger partial charge in [0.05, 0.1) is 13.2 Å². The Morgan fingerprint density at radius 2 is 2.30 bits per heavy atom. The van der Waals surface area contributed by atoms with E-state index in [1.807, 2.05) is 4.90 Å². The van der Waals surface area contributed by atoms with Gasteiger partial charge in [-0.1, -0.05) is 0 Å². The minimum absolute atomic E-state index is 0.193. The minimum atomic E-state index is -0.193. The molecule has 2 heterocycles. The summed E-state index contributed by atoms with van der Waals surface area (Å²) in [6.45, 7) is 5.78. The van der Waals surface area contributed by atoms with Crippen molar-refractivity contribution in [1.82, 2.24) is 10.2 Å². The first-order valence-electron chi connectivity index (χ1n) is 7.88. The highest BCUT2D eigenvalue weighted by Crippen LogP contribution is 2.21. The number of carbonyl (C=O) groups is 1. The number of piperidine rings is 1. The van der Waals surface area contributed by atoms with Gasteiger partial charge in [-0.05, 0) is 51.5 Å². The second-order valence-corrected chi connectivity index (χ2v) is 5.98. The van der Waals surface area contributed by atoms with Gasteiger partial charge in [0.1, 0.15) is 0 Å². The van der Waals surface area contributed by atoms with Crippen LogP contribution in [0.4, 0.5) is 4.79 Å². The molecule has 2 aliphatic heterocycles. The molecule has 2 fully saturated rings. The highest BCUT2D eigenvalue weighted by atomic mass is 16.5. The summed E-state index contributed by atoms with van der Waals surface area (Å²) >= 11 is 0. The van der Waals surface area contributed by atoms with Crippen LogP contribution in [-0.4, -0.2) is 56.5 Å². The number of carbonyl (C=O) groups excluding carboxylic acids is 1. The first-order valence-corrected chi connectivity index (χ1v) is 7.88. The second kappa shape index (κ2) is 7.84. The predicted molar refractivity (Wildman–Crippen MR) is 77.8 cm³/mol. The summed E-state index contributed by atoms with van der Waals surface area (Å²) in [5.41, 5.74) is 0. The smallest absolute Gasteiger partial charge is 0.409 e. The first-order chi connectivity index (χ1) is 9.70. The molecule has 0 aliphatic carbocycles. The number of methoxy groups -OCH3 is 1. The van der Waals surface area contributed by atoms with Crippen molar-refractivity contribution in [1.29, 1.82) is 0 Å². The molecule has 1 amide bonds. The largest absolute Gasteiger partial charge is 0.453 e. The van der Waals surface area contributed by atoms with Crippen LogP contribution in [0.15, 0.2) is 0 Å². The molecular formula is C15H28N2O3. The lowest BCUT2D eigenvalue weighted by molar-refractivity contribution is 0.0918. The van der Waals surface area contributed by atoms with Gasteiger partial charge in [0.2, 0.25) is 0 Å². The lowest BCUT2D eigenvalue weighted by Crippen LogP contribution is -2.46. The number of rotatable bonds is 5. The number of hydrogen-bond donors (Lipinski definition) is 1. The molecule has 5 nitrogen and oxygen atoms in total. The zero-order valence-corrected chi connectivity index (χ0v) is 12.8. The molecular weight excluding hydrogens is 256 g/mol. The molecule has 116 valence electrons. The number of hydrogen-bond acceptors (Lipinski definition) is 4. The molecule has 1 N–H and O–H groups in total. The van der Waals surface area contributed by atoms with E-state index in [1.54, 1.807) is 0 Å². The average molecular weight is 284 g/mol. The van der Waals surface area contributed by atoms with Crippen LogP contribution < -0.4 is 5.32 Å². The number of amides is 1. The molecule has 0 unspecified atom stereocenters. The summed E-state index contributed by atoms with van der Waals surface area (Å²) in [7, 11) is 1.45. The van der Waals surface area contributed by atoms with Gasteiger partial charge >= 0.3 is 6.09 Å². The fraction of sp³-hybridized carbons (Fsp3) is 0.933. The normalized spacial score (nSPS) is 28.4. The molecule has 0 aromatic rings. The summed E-state index contributed by atoms with van der Waals surface area (Å²) in [6.07, 6.45) is 6.01. The Morgan fingerprint density at radius 3 is 3.00 bits per heavy atom. The van der Waals surface area contributed by atoms with E-state index in [-0.39, 0.29) is 6.09 Å². The molecule has 0 bridgehead atoms. The predicted octanol–water partition coefficient (Wildman–Crippen LogP) is 2.01. The van der Waals surface area contributed by atoms with Crippen LogP contribution in [0.5, 0.6) is 0 Å². The van der Waals surface area contributed by atoms with Gasteiger partial charge in [-0.2, -0.15) is 0 Å². The maximum Gasteiger partial charge on any atom is 0.409 e. The quantitative estimate of drug-likeness (QED) is 0.839.